The number of piperazine rings is 1. The fraction of sp³-hybridized carbons (Fsp3) is 0.318. The summed E-state index contributed by atoms with van der Waals surface area (Å²) >= 11 is 0. The van der Waals surface area contributed by atoms with Gasteiger partial charge in [0.2, 0.25) is 11.7 Å². The second kappa shape index (κ2) is 7.95. The summed E-state index contributed by atoms with van der Waals surface area (Å²) in [6, 6.07) is 13.0. The number of hydrogen-bond acceptors (Lipinski definition) is 7. The van der Waals surface area contributed by atoms with Gasteiger partial charge >= 0.3 is 0 Å². The largest absolute Gasteiger partial charge is 0.353 e. The first-order valence-electron chi connectivity index (χ1n) is 9.81. The number of nitriles is 1. The molecule has 3 heterocycles. The molecule has 2 aromatic heterocycles. The lowest BCUT2D eigenvalue weighted by atomic mass is 10.0. The molecular weight excluding hydrogens is 380 g/mol. The third-order valence-corrected chi connectivity index (χ3v) is 5.25. The van der Waals surface area contributed by atoms with Crippen molar-refractivity contribution >= 4 is 11.7 Å². The molecule has 4 rings (SSSR count). The van der Waals surface area contributed by atoms with Crippen LogP contribution in [-0.4, -0.2) is 51.1 Å². The first kappa shape index (κ1) is 19.6. The Morgan fingerprint density at radius 2 is 1.97 bits per heavy atom. The molecule has 0 aliphatic carbocycles. The van der Waals surface area contributed by atoms with E-state index in [0.29, 0.717) is 35.9 Å². The lowest BCUT2D eigenvalue weighted by Crippen LogP contribution is -2.59. The van der Waals surface area contributed by atoms with Crippen molar-refractivity contribution in [2.24, 2.45) is 0 Å². The second-order valence-corrected chi connectivity index (χ2v) is 7.55. The number of aromatic nitrogens is 3. The van der Waals surface area contributed by atoms with Gasteiger partial charge in [0, 0.05) is 49.4 Å². The summed E-state index contributed by atoms with van der Waals surface area (Å²) in [5.41, 5.74) is 1.88. The van der Waals surface area contributed by atoms with E-state index in [4.69, 9.17) is 9.78 Å². The molecule has 3 aromatic rings. The Morgan fingerprint density at radius 3 is 2.57 bits per heavy atom. The fourth-order valence-electron chi connectivity index (χ4n) is 3.91. The van der Waals surface area contributed by atoms with Crippen molar-refractivity contribution in [2.45, 2.75) is 32.9 Å². The Kier molecular flexibility index (Phi) is 5.19. The molecule has 0 bridgehead atoms. The van der Waals surface area contributed by atoms with Crippen LogP contribution >= 0.6 is 0 Å². The van der Waals surface area contributed by atoms with E-state index in [1.54, 1.807) is 25.3 Å². The molecule has 8 heteroatoms. The molecule has 0 radical (unpaired) electrons. The Labute approximate surface area is 174 Å². The number of amides is 1. The third kappa shape index (κ3) is 3.74. The summed E-state index contributed by atoms with van der Waals surface area (Å²) in [5, 5.41) is 12.9. The van der Waals surface area contributed by atoms with Crippen LogP contribution in [0.25, 0.3) is 11.4 Å². The summed E-state index contributed by atoms with van der Waals surface area (Å²) in [5.74, 6) is 1.75. The highest BCUT2D eigenvalue weighted by Gasteiger charge is 2.34. The van der Waals surface area contributed by atoms with Gasteiger partial charge in [-0.1, -0.05) is 17.3 Å². The van der Waals surface area contributed by atoms with E-state index in [9.17, 15) is 4.79 Å². The number of hydrogen-bond donors (Lipinski definition) is 0. The highest BCUT2D eigenvalue weighted by Crippen LogP contribution is 2.24. The number of rotatable bonds is 3. The number of nitrogens with zero attached hydrogens (tertiary/aromatic N) is 6. The lowest BCUT2D eigenvalue weighted by Gasteiger charge is -2.45. The van der Waals surface area contributed by atoms with Gasteiger partial charge in [-0.2, -0.15) is 10.2 Å². The van der Waals surface area contributed by atoms with E-state index < -0.39 is 0 Å². The topological polar surface area (TPSA) is 99.2 Å². The molecule has 1 saturated heterocycles. The predicted octanol–water partition coefficient (Wildman–Crippen LogP) is 3.05. The highest BCUT2D eigenvalue weighted by molar-refractivity contribution is 5.96. The van der Waals surface area contributed by atoms with Gasteiger partial charge in [-0.05, 0) is 38.1 Å². The number of aryl methyl sites for hydroxylation is 1. The van der Waals surface area contributed by atoms with Gasteiger partial charge in [-0.3, -0.25) is 4.79 Å². The normalized spacial score (nSPS) is 18.9. The monoisotopic (exact) mass is 402 g/mol. The van der Waals surface area contributed by atoms with Crippen molar-refractivity contribution in [1.29, 1.82) is 5.26 Å². The minimum atomic E-state index is -0.0236. The van der Waals surface area contributed by atoms with Gasteiger partial charge in [-0.15, -0.1) is 0 Å². The Hall–Kier alpha value is -3.73. The van der Waals surface area contributed by atoms with E-state index in [1.807, 2.05) is 43.0 Å². The van der Waals surface area contributed by atoms with E-state index in [-0.39, 0.29) is 18.0 Å². The maximum absolute atomic E-state index is 13.3. The smallest absolute Gasteiger partial charge is 0.254 e. The average Bonchev–Trinajstić information content (AvgIpc) is 3.19. The minimum Gasteiger partial charge on any atom is -0.353 e. The van der Waals surface area contributed by atoms with E-state index in [1.165, 1.54) is 0 Å². The number of pyridine rings is 1. The zero-order valence-electron chi connectivity index (χ0n) is 17.1. The van der Waals surface area contributed by atoms with Gasteiger partial charge in [0.15, 0.2) is 0 Å². The maximum atomic E-state index is 13.3. The van der Waals surface area contributed by atoms with Crippen LogP contribution in [0, 0.1) is 18.3 Å². The van der Waals surface area contributed by atoms with Gasteiger partial charge < -0.3 is 14.3 Å². The zero-order valence-corrected chi connectivity index (χ0v) is 17.1. The quantitative estimate of drug-likeness (QED) is 0.664. The van der Waals surface area contributed by atoms with Crippen molar-refractivity contribution in [1.82, 2.24) is 20.0 Å². The summed E-state index contributed by atoms with van der Waals surface area (Å²) in [6.45, 7) is 7.14. The number of carbonyl (C=O) groups excluding carboxylic acids is 1. The van der Waals surface area contributed by atoms with E-state index in [2.05, 4.69) is 26.1 Å². The Morgan fingerprint density at radius 1 is 1.20 bits per heavy atom. The van der Waals surface area contributed by atoms with Gasteiger partial charge in [0.05, 0.1) is 5.56 Å². The van der Waals surface area contributed by atoms with Crippen LogP contribution in [0.2, 0.25) is 0 Å². The molecule has 1 amide bonds. The summed E-state index contributed by atoms with van der Waals surface area (Å²) < 4.78 is 5.05. The zero-order chi connectivity index (χ0) is 21.3. The second-order valence-electron chi connectivity index (χ2n) is 7.55. The molecular formula is C22H22N6O2. The molecule has 1 aromatic carbocycles. The molecule has 1 fully saturated rings. The molecule has 2 atom stereocenters. The van der Waals surface area contributed by atoms with Crippen LogP contribution in [0.1, 0.15) is 35.7 Å². The molecule has 0 saturated carbocycles. The molecule has 1 aliphatic heterocycles. The van der Waals surface area contributed by atoms with E-state index in [0.717, 1.165) is 11.4 Å². The van der Waals surface area contributed by atoms with Gasteiger partial charge in [-0.25, -0.2) is 4.98 Å². The Balaban J connectivity index is 1.53. The molecule has 0 spiro atoms. The molecule has 2 unspecified atom stereocenters. The summed E-state index contributed by atoms with van der Waals surface area (Å²) in [7, 11) is 0. The fourth-order valence-corrected chi connectivity index (χ4v) is 3.91. The molecule has 8 nitrogen and oxygen atoms in total. The van der Waals surface area contributed by atoms with Crippen molar-refractivity contribution in [3.05, 3.63) is 59.6 Å². The van der Waals surface area contributed by atoms with Crippen LogP contribution in [-0.2, 0) is 0 Å². The van der Waals surface area contributed by atoms with Crippen molar-refractivity contribution in [3.8, 4) is 17.5 Å². The van der Waals surface area contributed by atoms with E-state index >= 15 is 0 Å². The van der Waals surface area contributed by atoms with Gasteiger partial charge in [0.1, 0.15) is 11.9 Å². The van der Waals surface area contributed by atoms with Crippen LogP contribution < -0.4 is 4.90 Å². The standard InChI is InChI=1S/C22H22N6O2/c1-14-12-27(20-8-7-17(10-23)11-24-20)13-15(2)28(14)22(29)19-6-4-5-18(9-19)21-25-16(3)30-26-21/h4-9,11,14-15H,12-13H2,1-3H3. The average molecular weight is 402 g/mol. The van der Waals surface area contributed by atoms with Crippen molar-refractivity contribution in [3.63, 3.8) is 0 Å². The van der Waals surface area contributed by atoms with Crippen molar-refractivity contribution in [2.75, 3.05) is 18.0 Å². The first-order valence-corrected chi connectivity index (χ1v) is 9.81. The summed E-state index contributed by atoms with van der Waals surface area (Å²) in [6.07, 6.45) is 1.58. The van der Waals surface area contributed by atoms with Crippen LogP contribution in [0.5, 0.6) is 0 Å². The number of carbonyl (C=O) groups is 1. The predicted molar refractivity (Wildman–Crippen MR) is 111 cm³/mol. The third-order valence-electron chi connectivity index (χ3n) is 5.25. The van der Waals surface area contributed by atoms with Gasteiger partial charge in [0.25, 0.3) is 5.91 Å². The maximum Gasteiger partial charge on any atom is 0.254 e. The van der Waals surface area contributed by atoms with Crippen LogP contribution in [0.3, 0.4) is 0 Å². The Bertz CT molecular complexity index is 1090. The lowest BCUT2D eigenvalue weighted by molar-refractivity contribution is 0.0574. The van der Waals surface area contributed by atoms with Crippen LogP contribution in [0.15, 0.2) is 47.1 Å². The minimum absolute atomic E-state index is 0.00484. The first-order chi connectivity index (χ1) is 14.5. The SMILES string of the molecule is Cc1nc(-c2cccc(C(=O)N3C(C)CN(c4ccc(C#N)cn4)CC3C)c2)no1. The molecule has 0 N–H and O–H groups in total. The van der Waals surface area contributed by atoms with Crippen molar-refractivity contribution < 1.29 is 9.32 Å². The number of benzene rings is 1. The summed E-state index contributed by atoms with van der Waals surface area (Å²) in [4.78, 5) is 26.0. The highest BCUT2D eigenvalue weighted by atomic mass is 16.5. The molecule has 30 heavy (non-hydrogen) atoms. The molecule has 1 aliphatic rings. The molecule has 152 valence electrons. The number of anilines is 1. The van der Waals surface area contributed by atoms with Crippen LogP contribution in [0.4, 0.5) is 5.82 Å².